The smallest absolute Gasteiger partial charge is 0.337 e. The van der Waals surface area contributed by atoms with Crippen LogP contribution in [0, 0.1) is 0 Å². The molecule has 0 spiro atoms. The van der Waals surface area contributed by atoms with Gasteiger partial charge in [0.15, 0.2) is 31.1 Å². The Kier molecular flexibility index (Phi) is 15.0. The number of carbonyl (C=O) groups excluding carboxylic acids is 2. The molecule has 3 fully saturated rings. The molecule has 3 aliphatic rings. The molecule has 312 valence electrons. The van der Waals surface area contributed by atoms with Crippen LogP contribution in [-0.4, -0.2) is 93.7 Å². The first-order valence-electron chi connectivity index (χ1n) is 19.6. The predicted octanol–water partition coefficient (Wildman–Crippen LogP) is 6.00. The van der Waals surface area contributed by atoms with Gasteiger partial charge in [-0.05, 0) is 16.7 Å². The monoisotopic (exact) mass is 810 g/mol. The second-order valence-electron chi connectivity index (χ2n) is 14.2. The number of hydrogen-bond acceptors (Lipinski definition) is 13. The Morgan fingerprint density at radius 1 is 0.644 bits per heavy atom. The fourth-order valence-corrected chi connectivity index (χ4v) is 7.33. The molecular formula is C46H50O13. The minimum absolute atomic E-state index is 0.0778. The normalized spacial score (nSPS) is 29.2. The van der Waals surface area contributed by atoms with Crippen LogP contribution in [0.15, 0.2) is 134 Å². The van der Waals surface area contributed by atoms with Gasteiger partial charge in [-0.3, -0.25) is 4.79 Å². The van der Waals surface area contributed by atoms with Crippen LogP contribution in [0.3, 0.4) is 0 Å². The van der Waals surface area contributed by atoms with Crippen molar-refractivity contribution in [3.05, 3.63) is 156 Å². The van der Waals surface area contributed by atoms with Gasteiger partial charge in [-0.25, -0.2) is 4.79 Å². The molecular weight excluding hydrogens is 760 g/mol. The summed E-state index contributed by atoms with van der Waals surface area (Å²) in [6, 6.07) is 38.2. The van der Waals surface area contributed by atoms with E-state index in [2.05, 4.69) is 6.58 Å². The minimum atomic E-state index is -1.42. The van der Waals surface area contributed by atoms with Crippen LogP contribution >= 0.6 is 0 Å². The van der Waals surface area contributed by atoms with E-state index in [1.165, 1.54) is 14.0 Å². The Morgan fingerprint density at radius 3 is 1.73 bits per heavy atom. The van der Waals surface area contributed by atoms with E-state index in [1.807, 2.05) is 121 Å². The van der Waals surface area contributed by atoms with Gasteiger partial charge in [-0.1, -0.05) is 127 Å². The van der Waals surface area contributed by atoms with Crippen molar-refractivity contribution in [3.63, 3.8) is 0 Å². The third-order valence-electron chi connectivity index (χ3n) is 10.1. The first-order chi connectivity index (χ1) is 28.9. The summed E-state index contributed by atoms with van der Waals surface area (Å²) >= 11 is 0. The molecule has 3 saturated heterocycles. The molecule has 0 amide bonds. The quantitative estimate of drug-likeness (QED) is 0.0913. The van der Waals surface area contributed by atoms with Crippen molar-refractivity contribution in [2.45, 2.75) is 94.4 Å². The number of rotatable bonds is 17. The lowest BCUT2D eigenvalue weighted by atomic mass is 9.95. The van der Waals surface area contributed by atoms with Crippen molar-refractivity contribution in [1.29, 1.82) is 0 Å². The van der Waals surface area contributed by atoms with E-state index in [0.717, 1.165) is 22.3 Å². The van der Waals surface area contributed by atoms with Crippen LogP contribution < -0.4 is 0 Å². The van der Waals surface area contributed by atoms with Gasteiger partial charge >= 0.3 is 11.9 Å². The summed E-state index contributed by atoms with van der Waals surface area (Å²) in [5.74, 6) is -1.38. The van der Waals surface area contributed by atoms with E-state index < -0.39 is 79.6 Å². The SMILES string of the molecule is C=CCO[C@@H]1O[C@H](C(=O)OC)[C@@H](O[C@@H]2O[C@@H]3CO[C@@H](c4ccccc4)O[C@H]3[C@H](OCc3ccccc3)[C@@H]2OC(C)=O)[C@H](OCc2ccccc2)[C@H]1OCc1ccccc1. The van der Waals surface area contributed by atoms with Crippen LogP contribution in [0.1, 0.15) is 35.5 Å². The molecule has 0 unspecified atom stereocenters. The standard InChI is InChI=1S/C46H50O13/c1-4-25-50-45-41(53-28-33-21-13-7-14-22-33)38(52-27-32-19-11-6-12-20-32)39(40(59-45)43(48)49-3)58-46-42(55-30(2)47)37(51-26-31-17-9-5-10-18-31)36-35(56-46)29-54-44(57-36)34-23-15-8-16-24-34/h4-24,35-42,44-46H,1,25-29H2,2-3H3/t35-,36-,37+,38+,39+,40+,41-,42+,44-,45-,46+/m1/s1. The highest BCUT2D eigenvalue weighted by Crippen LogP contribution is 2.39. The summed E-state index contributed by atoms with van der Waals surface area (Å²) in [5.41, 5.74) is 3.41. The highest BCUT2D eigenvalue weighted by Gasteiger charge is 2.57. The van der Waals surface area contributed by atoms with E-state index in [-0.39, 0.29) is 33.0 Å². The van der Waals surface area contributed by atoms with E-state index in [4.69, 9.17) is 52.1 Å². The van der Waals surface area contributed by atoms with Crippen molar-refractivity contribution in [1.82, 2.24) is 0 Å². The minimum Gasteiger partial charge on any atom is -0.467 e. The lowest BCUT2D eigenvalue weighted by Crippen LogP contribution is -2.68. The maximum absolute atomic E-state index is 13.7. The molecule has 0 radical (unpaired) electrons. The summed E-state index contributed by atoms with van der Waals surface area (Å²) in [5, 5.41) is 0. The van der Waals surface area contributed by atoms with Crippen molar-refractivity contribution >= 4 is 11.9 Å². The third kappa shape index (κ3) is 10.9. The van der Waals surface area contributed by atoms with Gasteiger partial charge in [-0.2, -0.15) is 0 Å². The number of fused-ring (bicyclic) bond motifs is 1. The molecule has 13 nitrogen and oxygen atoms in total. The fraction of sp³-hybridized carbons (Fsp3) is 0.391. The molecule has 13 heteroatoms. The van der Waals surface area contributed by atoms with Gasteiger partial charge in [0, 0.05) is 12.5 Å². The molecule has 0 bridgehead atoms. The molecule has 0 aromatic heterocycles. The number of methoxy groups -OCH3 is 1. The molecule has 0 saturated carbocycles. The first-order valence-corrected chi connectivity index (χ1v) is 19.6. The van der Waals surface area contributed by atoms with E-state index in [0.29, 0.717) is 0 Å². The zero-order valence-corrected chi connectivity index (χ0v) is 33.0. The molecule has 59 heavy (non-hydrogen) atoms. The number of esters is 2. The summed E-state index contributed by atoms with van der Waals surface area (Å²) in [6.07, 6.45) is -10.0. The number of benzene rings is 4. The average Bonchev–Trinajstić information content (AvgIpc) is 3.28. The van der Waals surface area contributed by atoms with Gasteiger partial charge in [0.25, 0.3) is 0 Å². The van der Waals surface area contributed by atoms with Crippen LogP contribution in [0.4, 0.5) is 0 Å². The summed E-state index contributed by atoms with van der Waals surface area (Å²) in [6.45, 7) is 5.64. The Bertz CT molecular complexity index is 1900. The highest BCUT2D eigenvalue weighted by atomic mass is 16.8. The summed E-state index contributed by atoms with van der Waals surface area (Å²) in [7, 11) is 1.25. The Hall–Kier alpha value is -4.80. The maximum Gasteiger partial charge on any atom is 0.337 e. The second kappa shape index (κ2) is 20.9. The first kappa shape index (κ1) is 42.3. The van der Waals surface area contributed by atoms with Crippen LogP contribution in [0.5, 0.6) is 0 Å². The lowest BCUT2D eigenvalue weighted by molar-refractivity contribution is -0.390. The maximum atomic E-state index is 13.7. The summed E-state index contributed by atoms with van der Waals surface area (Å²) in [4.78, 5) is 26.7. The Balaban J connectivity index is 1.25. The molecule has 4 aromatic carbocycles. The zero-order chi connectivity index (χ0) is 41.0. The van der Waals surface area contributed by atoms with Gasteiger partial charge in [0.2, 0.25) is 0 Å². The van der Waals surface area contributed by atoms with Crippen LogP contribution in [0.25, 0.3) is 0 Å². The molecule has 3 heterocycles. The topological polar surface area (TPSA) is 136 Å². The van der Waals surface area contributed by atoms with Crippen molar-refractivity contribution in [2.24, 2.45) is 0 Å². The average molecular weight is 811 g/mol. The molecule has 4 aromatic rings. The van der Waals surface area contributed by atoms with E-state index in [9.17, 15) is 9.59 Å². The number of carbonyl (C=O) groups is 2. The van der Waals surface area contributed by atoms with Crippen molar-refractivity contribution in [3.8, 4) is 0 Å². The zero-order valence-electron chi connectivity index (χ0n) is 33.0. The largest absolute Gasteiger partial charge is 0.467 e. The second-order valence-corrected chi connectivity index (χ2v) is 14.2. The molecule has 0 aliphatic carbocycles. The van der Waals surface area contributed by atoms with E-state index in [1.54, 1.807) is 6.08 Å². The molecule has 3 aliphatic heterocycles. The van der Waals surface area contributed by atoms with Gasteiger partial charge in [0.1, 0.15) is 36.6 Å². The van der Waals surface area contributed by atoms with Crippen LogP contribution in [0.2, 0.25) is 0 Å². The van der Waals surface area contributed by atoms with E-state index >= 15 is 0 Å². The Morgan fingerprint density at radius 2 is 1.19 bits per heavy atom. The summed E-state index contributed by atoms with van der Waals surface area (Å²) < 4.78 is 69.9. The number of ether oxygens (including phenoxy) is 11. The predicted molar refractivity (Wildman–Crippen MR) is 211 cm³/mol. The van der Waals surface area contributed by atoms with Crippen molar-refractivity contribution in [2.75, 3.05) is 20.3 Å². The van der Waals surface area contributed by atoms with Crippen LogP contribution in [-0.2, 0) is 81.5 Å². The highest BCUT2D eigenvalue weighted by molar-refractivity contribution is 5.75. The molecule has 0 N–H and O–H groups in total. The van der Waals surface area contributed by atoms with Crippen molar-refractivity contribution < 1.29 is 61.7 Å². The third-order valence-corrected chi connectivity index (χ3v) is 10.1. The lowest BCUT2D eigenvalue weighted by Gasteiger charge is -2.51. The molecule has 7 rings (SSSR count). The van der Waals surface area contributed by atoms with Gasteiger partial charge in [-0.15, -0.1) is 6.58 Å². The molecule has 11 atom stereocenters. The Labute approximate surface area is 343 Å². The van der Waals surface area contributed by atoms with Gasteiger partial charge < -0.3 is 52.1 Å². The fourth-order valence-electron chi connectivity index (χ4n) is 7.33. The van der Waals surface area contributed by atoms with Gasteiger partial charge in [0.05, 0.1) is 40.1 Å². The number of hydrogen-bond donors (Lipinski definition) is 0.